The van der Waals surface area contributed by atoms with Crippen LogP contribution in [0.4, 0.5) is 0 Å². The normalized spacial score (nSPS) is 14.8. The van der Waals surface area contributed by atoms with Gasteiger partial charge in [0.15, 0.2) is 0 Å². The van der Waals surface area contributed by atoms with Crippen LogP contribution in [-0.2, 0) is 18.4 Å². The smallest absolute Gasteiger partial charge is 0.387 e. The van der Waals surface area contributed by atoms with Crippen LogP contribution in [0.3, 0.4) is 0 Å². The number of carbonyl (C=O) groups is 1. The molecule has 338 valence electrons. The second-order valence-electron chi connectivity index (χ2n) is 17.1. The number of aliphatic hydroxyl groups is 1. The molecule has 0 spiro atoms. The van der Waals surface area contributed by atoms with Crippen LogP contribution in [0.1, 0.15) is 194 Å². The average molecular weight is 836 g/mol. The highest BCUT2D eigenvalue weighted by molar-refractivity contribution is 7.47. The van der Waals surface area contributed by atoms with Crippen LogP contribution in [-0.4, -0.2) is 73.4 Å². The molecule has 3 N–H and O–H groups in total. The summed E-state index contributed by atoms with van der Waals surface area (Å²) < 4.78 is 23.5. The summed E-state index contributed by atoms with van der Waals surface area (Å²) in [5.74, 6) is -0.207. The van der Waals surface area contributed by atoms with Crippen molar-refractivity contribution in [3.05, 3.63) is 60.8 Å². The number of hydrogen-bond donors (Lipinski definition) is 3. The number of hydrogen-bond acceptors (Lipinski definition) is 5. The fraction of sp³-hybridized carbons (Fsp3) is 0.776. The van der Waals surface area contributed by atoms with Gasteiger partial charge in [-0.1, -0.05) is 171 Å². The molecule has 8 nitrogen and oxygen atoms in total. The summed E-state index contributed by atoms with van der Waals surface area (Å²) in [6, 6.07) is -0.878. The van der Waals surface area contributed by atoms with E-state index >= 15 is 0 Å². The lowest BCUT2D eigenvalue weighted by molar-refractivity contribution is -0.870. The van der Waals surface area contributed by atoms with E-state index in [0.717, 1.165) is 70.6 Å². The molecule has 0 aromatic carbocycles. The van der Waals surface area contributed by atoms with Crippen molar-refractivity contribution in [2.45, 2.75) is 206 Å². The van der Waals surface area contributed by atoms with Gasteiger partial charge in [-0.25, -0.2) is 4.57 Å². The molecule has 0 aromatic rings. The number of allylic oxidation sites excluding steroid dienone is 9. The SMILES string of the molecule is CCCCC/C=C\C/C=C\CCCCCCCC(=O)NC(COP(=O)(O)OCC[N+](C)(C)C)C(O)/C=C/CC/C=C/CC/C=C/CCCCCCCCCCCCC. The van der Waals surface area contributed by atoms with Crippen LogP contribution in [0.2, 0.25) is 0 Å². The molecule has 0 saturated heterocycles. The predicted octanol–water partition coefficient (Wildman–Crippen LogP) is 13.4. The maximum atomic E-state index is 12.9. The van der Waals surface area contributed by atoms with Crippen molar-refractivity contribution in [2.75, 3.05) is 40.9 Å². The quantitative estimate of drug-likeness (QED) is 0.0245. The maximum Gasteiger partial charge on any atom is 0.472 e. The number of quaternary nitrogens is 1. The molecule has 1 amide bonds. The zero-order valence-corrected chi connectivity index (χ0v) is 39.2. The number of nitrogens with one attached hydrogen (secondary N) is 1. The summed E-state index contributed by atoms with van der Waals surface area (Å²) in [4.78, 5) is 23.1. The minimum atomic E-state index is -4.36. The zero-order chi connectivity index (χ0) is 42.8. The second kappa shape index (κ2) is 40.6. The molecule has 0 fully saturated rings. The molecule has 0 aliphatic carbocycles. The third kappa shape index (κ3) is 42.3. The Hall–Kier alpha value is -1.80. The predicted molar refractivity (Wildman–Crippen MR) is 249 cm³/mol. The summed E-state index contributed by atoms with van der Waals surface area (Å²) in [5, 5.41) is 13.8. The Labute approximate surface area is 358 Å². The molecule has 0 saturated carbocycles. The first kappa shape index (κ1) is 56.2. The summed E-state index contributed by atoms with van der Waals surface area (Å²) in [6.45, 7) is 4.74. The first-order chi connectivity index (χ1) is 28.0. The molecule has 0 aliphatic rings. The summed E-state index contributed by atoms with van der Waals surface area (Å²) in [6.07, 6.45) is 53.0. The van der Waals surface area contributed by atoms with Crippen molar-refractivity contribution in [1.82, 2.24) is 5.32 Å². The first-order valence-corrected chi connectivity index (χ1v) is 25.2. The van der Waals surface area contributed by atoms with E-state index < -0.39 is 20.0 Å². The number of phosphoric ester groups is 1. The van der Waals surface area contributed by atoms with E-state index in [1.165, 1.54) is 103 Å². The Bertz CT molecular complexity index is 1130. The standard InChI is InChI=1S/C49H91N2O6P/c1-6-8-10-12-14-16-18-20-22-23-24-25-26-27-29-30-32-34-36-38-40-42-48(52)47(46-57-58(54,55)56-45-44-51(3,4)5)50-49(53)43-41-39-37-35-33-31-28-21-19-17-15-13-11-9-7-2/h15,17,21,26-28,32,34,40,42,47-48,52H,6-14,16,18-20,22-25,29-31,33,35-39,41,43-46H2,1-5H3,(H-,50,53,54,55)/p+1/b17-15-,27-26+,28-21-,34-32+,42-40+. The van der Waals surface area contributed by atoms with Gasteiger partial charge in [0.2, 0.25) is 5.91 Å². The third-order valence-electron chi connectivity index (χ3n) is 10.2. The summed E-state index contributed by atoms with van der Waals surface area (Å²) in [7, 11) is 1.53. The van der Waals surface area contributed by atoms with Crippen molar-refractivity contribution in [3.8, 4) is 0 Å². The number of likely N-dealkylation sites (N-methyl/N-ethyl adjacent to an activating group) is 1. The Morgan fingerprint density at radius 1 is 0.586 bits per heavy atom. The van der Waals surface area contributed by atoms with E-state index in [-0.39, 0.29) is 19.1 Å². The lowest BCUT2D eigenvalue weighted by atomic mass is 10.1. The lowest BCUT2D eigenvalue weighted by Gasteiger charge is -2.25. The number of aliphatic hydroxyl groups excluding tert-OH is 1. The van der Waals surface area contributed by atoms with Crippen molar-refractivity contribution in [1.29, 1.82) is 0 Å². The van der Waals surface area contributed by atoms with Crippen LogP contribution in [0, 0.1) is 0 Å². The van der Waals surface area contributed by atoms with E-state index in [2.05, 4.69) is 67.8 Å². The molecular weight excluding hydrogens is 744 g/mol. The van der Waals surface area contributed by atoms with Gasteiger partial charge in [0.1, 0.15) is 13.2 Å². The van der Waals surface area contributed by atoms with Gasteiger partial charge in [-0.2, -0.15) is 0 Å². The second-order valence-corrected chi connectivity index (χ2v) is 18.6. The van der Waals surface area contributed by atoms with Gasteiger partial charge in [0.25, 0.3) is 0 Å². The highest BCUT2D eigenvalue weighted by atomic mass is 31.2. The first-order valence-electron chi connectivity index (χ1n) is 23.7. The van der Waals surface area contributed by atoms with Gasteiger partial charge in [0, 0.05) is 6.42 Å². The summed E-state index contributed by atoms with van der Waals surface area (Å²) in [5.41, 5.74) is 0. The van der Waals surface area contributed by atoms with Crippen LogP contribution in [0.25, 0.3) is 0 Å². The average Bonchev–Trinajstić information content (AvgIpc) is 3.17. The number of nitrogens with zero attached hydrogens (tertiary/aromatic N) is 1. The number of carbonyl (C=O) groups excluding carboxylic acids is 1. The van der Waals surface area contributed by atoms with E-state index in [1.807, 2.05) is 27.2 Å². The number of rotatable bonds is 42. The fourth-order valence-electron chi connectivity index (χ4n) is 6.40. The highest BCUT2D eigenvalue weighted by Gasteiger charge is 2.27. The third-order valence-corrected chi connectivity index (χ3v) is 11.2. The monoisotopic (exact) mass is 836 g/mol. The number of phosphoric acid groups is 1. The minimum absolute atomic E-state index is 0.0484. The Balaban J connectivity index is 4.49. The minimum Gasteiger partial charge on any atom is -0.387 e. The Morgan fingerprint density at radius 2 is 1.00 bits per heavy atom. The topological polar surface area (TPSA) is 105 Å². The van der Waals surface area contributed by atoms with Gasteiger partial charge in [-0.3, -0.25) is 13.8 Å². The van der Waals surface area contributed by atoms with Gasteiger partial charge in [-0.05, 0) is 77.0 Å². The number of amides is 1. The van der Waals surface area contributed by atoms with Crippen molar-refractivity contribution >= 4 is 13.7 Å². The van der Waals surface area contributed by atoms with Crippen LogP contribution >= 0.6 is 7.82 Å². The molecule has 0 aromatic heterocycles. The molecule has 0 aliphatic heterocycles. The van der Waals surface area contributed by atoms with E-state index in [9.17, 15) is 19.4 Å². The van der Waals surface area contributed by atoms with Crippen molar-refractivity contribution in [3.63, 3.8) is 0 Å². The van der Waals surface area contributed by atoms with Crippen molar-refractivity contribution in [2.24, 2.45) is 0 Å². The van der Waals surface area contributed by atoms with Gasteiger partial charge >= 0.3 is 7.82 Å². The van der Waals surface area contributed by atoms with Gasteiger partial charge in [0.05, 0.1) is 39.9 Å². The van der Waals surface area contributed by atoms with Crippen LogP contribution in [0.5, 0.6) is 0 Å². The number of unbranched alkanes of at least 4 members (excludes halogenated alkanes) is 21. The van der Waals surface area contributed by atoms with Crippen LogP contribution < -0.4 is 5.32 Å². The summed E-state index contributed by atoms with van der Waals surface area (Å²) >= 11 is 0. The lowest BCUT2D eigenvalue weighted by Crippen LogP contribution is -2.45. The van der Waals surface area contributed by atoms with E-state index in [4.69, 9.17) is 9.05 Å². The molecule has 3 atom stereocenters. The Morgan fingerprint density at radius 3 is 1.52 bits per heavy atom. The van der Waals surface area contributed by atoms with Gasteiger partial charge < -0.3 is 19.8 Å². The molecular formula is C49H92N2O6P+. The molecule has 0 heterocycles. The van der Waals surface area contributed by atoms with Gasteiger partial charge in [-0.15, -0.1) is 0 Å². The van der Waals surface area contributed by atoms with E-state index in [1.54, 1.807) is 6.08 Å². The molecule has 0 bridgehead atoms. The fourth-order valence-corrected chi connectivity index (χ4v) is 7.13. The largest absolute Gasteiger partial charge is 0.472 e. The molecule has 0 rings (SSSR count). The zero-order valence-electron chi connectivity index (χ0n) is 38.3. The molecule has 58 heavy (non-hydrogen) atoms. The highest BCUT2D eigenvalue weighted by Crippen LogP contribution is 2.43. The molecule has 3 unspecified atom stereocenters. The molecule has 0 radical (unpaired) electrons. The Kier molecular flexibility index (Phi) is 39.3. The van der Waals surface area contributed by atoms with Crippen molar-refractivity contribution < 1.29 is 32.9 Å². The molecule has 9 heteroatoms. The van der Waals surface area contributed by atoms with Crippen LogP contribution in [0.15, 0.2) is 60.8 Å². The van der Waals surface area contributed by atoms with E-state index in [0.29, 0.717) is 17.4 Å². The maximum absolute atomic E-state index is 12.9.